The van der Waals surface area contributed by atoms with Crippen molar-refractivity contribution in [3.05, 3.63) is 46.6 Å². The predicted molar refractivity (Wildman–Crippen MR) is 82.8 cm³/mol. The molecule has 4 heteroatoms. The van der Waals surface area contributed by atoms with Gasteiger partial charge in [0.2, 0.25) is 0 Å². The first-order chi connectivity index (χ1) is 9.70. The molecule has 1 aliphatic heterocycles. The fraction of sp³-hybridized carbons (Fsp3) is 0.375. The van der Waals surface area contributed by atoms with Gasteiger partial charge in [0.25, 0.3) is 0 Å². The van der Waals surface area contributed by atoms with E-state index in [9.17, 15) is 0 Å². The maximum absolute atomic E-state index is 4.80. The highest BCUT2D eigenvalue weighted by molar-refractivity contribution is 6.16. The molecule has 1 aromatic carbocycles. The Labute approximate surface area is 119 Å². The maximum atomic E-state index is 4.80. The molecular formula is C16H20N4. The van der Waals surface area contributed by atoms with Crippen molar-refractivity contribution in [2.45, 2.75) is 20.3 Å². The summed E-state index contributed by atoms with van der Waals surface area (Å²) in [6.45, 7) is 5.90. The lowest BCUT2D eigenvalue weighted by molar-refractivity contribution is 0.747. The lowest BCUT2D eigenvalue weighted by Crippen LogP contribution is -2.08. The lowest BCUT2D eigenvalue weighted by atomic mass is 9.99. The molecule has 20 heavy (non-hydrogen) atoms. The Morgan fingerprint density at radius 1 is 1.35 bits per heavy atom. The second kappa shape index (κ2) is 5.12. The van der Waals surface area contributed by atoms with Gasteiger partial charge < -0.3 is 5.32 Å². The van der Waals surface area contributed by atoms with E-state index in [1.165, 1.54) is 11.1 Å². The summed E-state index contributed by atoms with van der Waals surface area (Å²) in [4.78, 5) is 4.80. The number of aliphatic imine (C=N–C) groups is 1. The molecule has 4 nitrogen and oxygen atoms in total. The van der Waals surface area contributed by atoms with Crippen LogP contribution in [0.3, 0.4) is 0 Å². The topological polar surface area (TPSA) is 42.2 Å². The summed E-state index contributed by atoms with van der Waals surface area (Å²) in [5, 5.41) is 8.07. The summed E-state index contributed by atoms with van der Waals surface area (Å²) >= 11 is 0. The number of fused-ring (bicyclic) bond motifs is 1. The first-order valence-corrected chi connectivity index (χ1v) is 7.12. The molecule has 104 valence electrons. The van der Waals surface area contributed by atoms with Crippen LogP contribution in [0.4, 0.5) is 5.82 Å². The van der Waals surface area contributed by atoms with Gasteiger partial charge in [-0.1, -0.05) is 30.7 Å². The zero-order valence-electron chi connectivity index (χ0n) is 12.3. The minimum atomic E-state index is 0.793. The monoisotopic (exact) mass is 268 g/mol. The quantitative estimate of drug-likeness (QED) is 0.909. The molecule has 0 unspecified atom stereocenters. The molecule has 0 aliphatic carbocycles. The zero-order valence-corrected chi connectivity index (χ0v) is 12.3. The highest BCUT2D eigenvalue weighted by Gasteiger charge is 2.22. The SMILES string of the molecule is CCc1nn(C)c2c1C(c1cccc(C)c1)=NCCN2. The molecule has 1 aromatic heterocycles. The van der Waals surface area contributed by atoms with E-state index in [1.54, 1.807) is 0 Å². The minimum absolute atomic E-state index is 0.793. The molecule has 0 bridgehead atoms. The number of aromatic nitrogens is 2. The number of benzene rings is 1. The molecule has 0 saturated heterocycles. The Morgan fingerprint density at radius 3 is 2.95 bits per heavy atom. The largest absolute Gasteiger partial charge is 0.368 e. The average molecular weight is 268 g/mol. The number of rotatable bonds is 2. The van der Waals surface area contributed by atoms with Crippen molar-refractivity contribution in [1.29, 1.82) is 0 Å². The molecule has 1 aliphatic rings. The highest BCUT2D eigenvalue weighted by atomic mass is 15.3. The van der Waals surface area contributed by atoms with E-state index in [-0.39, 0.29) is 0 Å². The van der Waals surface area contributed by atoms with E-state index in [0.29, 0.717) is 0 Å². The first-order valence-electron chi connectivity index (χ1n) is 7.12. The van der Waals surface area contributed by atoms with Gasteiger partial charge in [-0.2, -0.15) is 5.10 Å². The normalized spacial score (nSPS) is 14.2. The molecular weight excluding hydrogens is 248 g/mol. The van der Waals surface area contributed by atoms with Crippen LogP contribution >= 0.6 is 0 Å². The minimum Gasteiger partial charge on any atom is -0.368 e. The number of hydrogen-bond acceptors (Lipinski definition) is 3. The Balaban J connectivity index is 2.20. The summed E-state index contributed by atoms with van der Waals surface area (Å²) in [7, 11) is 1.99. The van der Waals surface area contributed by atoms with Crippen LogP contribution in [-0.2, 0) is 13.5 Å². The molecule has 0 amide bonds. The molecule has 2 heterocycles. The Hall–Kier alpha value is -2.10. The van der Waals surface area contributed by atoms with Crippen LogP contribution in [0.1, 0.15) is 29.3 Å². The van der Waals surface area contributed by atoms with Crippen molar-refractivity contribution < 1.29 is 0 Å². The van der Waals surface area contributed by atoms with Gasteiger partial charge in [-0.25, -0.2) is 0 Å². The highest BCUT2D eigenvalue weighted by Crippen LogP contribution is 2.26. The van der Waals surface area contributed by atoms with E-state index in [1.807, 2.05) is 11.7 Å². The van der Waals surface area contributed by atoms with Gasteiger partial charge in [0, 0.05) is 19.2 Å². The van der Waals surface area contributed by atoms with Crippen molar-refractivity contribution in [1.82, 2.24) is 9.78 Å². The summed E-state index contributed by atoms with van der Waals surface area (Å²) < 4.78 is 1.94. The van der Waals surface area contributed by atoms with Crippen LogP contribution in [-0.4, -0.2) is 28.6 Å². The summed E-state index contributed by atoms with van der Waals surface area (Å²) in [5.41, 5.74) is 5.78. The van der Waals surface area contributed by atoms with Crippen LogP contribution < -0.4 is 5.32 Å². The van der Waals surface area contributed by atoms with Crippen LogP contribution in [0.2, 0.25) is 0 Å². The molecule has 0 radical (unpaired) electrons. The molecule has 0 saturated carbocycles. The van der Waals surface area contributed by atoms with Crippen molar-refractivity contribution in [2.24, 2.45) is 12.0 Å². The predicted octanol–water partition coefficient (Wildman–Crippen LogP) is 2.55. The third kappa shape index (κ3) is 2.11. The molecule has 0 spiro atoms. The number of hydrogen-bond donors (Lipinski definition) is 1. The molecule has 0 atom stereocenters. The number of nitrogens with zero attached hydrogens (tertiary/aromatic N) is 3. The van der Waals surface area contributed by atoms with Crippen molar-refractivity contribution in [2.75, 3.05) is 18.4 Å². The van der Waals surface area contributed by atoms with E-state index in [2.05, 4.69) is 48.5 Å². The van der Waals surface area contributed by atoms with Gasteiger partial charge in [0.1, 0.15) is 5.82 Å². The zero-order chi connectivity index (χ0) is 14.1. The van der Waals surface area contributed by atoms with Gasteiger partial charge in [-0.15, -0.1) is 0 Å². The van der Waals surface area contributed by atoms with Gasteiger partial charge in [0.15, 0.2) is 0 Å². The molecule has 3 rings (SSSR count). The number of nitrogens with one attached hydrogen (secondary N) is 1. The molecule has 1 N–H and O–H groups in total. The summed E-state index contributed by atoms with van der Waals surface area (Å²) in [6, 6.07) is 8.53. The van der Waals surface area contributed by atoms with Crippen LogP contribution in [0, 0.1) is 6.92 Å². The molecule has 0 fully saturated rings. The van der Waals surface area contributed by atoms with Gasteiger partial charge in [-0.05, 0) is 19.4 Å². The molecule has 2 aromatic rings. The third-order valence-electron chi connectivity index (χ3n) is 3.66. The first kappa shape index (κ1) is 12.9. The van der Waals surface area contributed by atoms with Gasteiger partial charge in [-0.3, -0.25) is 9.67 Å². The third-order valence-corrected chi connectivity index (χ3v) is 3.66. The van der Waals surface area contributed by atoms with Crippen molar-refractivity contribution in [3.8, 4) is 0 Å². The fourth-order valence-electron chi connectivity index (χ4n) is 2.73. The Kier molecular flexibility index (Phi) is 3.30. The van der Waals surface area contributed by atoms with E-state index in [4.69, 9.17) is 4.99 Å². The van der Waals surface area contributed by atoms with Gasteiger partial charge in [0.05, 0.1) is 23.5 Å². The number of aryl methyl sites for hydroxylation is 3. The Morgan fingerprint density at radius 2 is 2.20 bits per heavy atom. The second-order valence-corrected chi connectivity index (χ2v) is 5.17. The van der Waals surface area contributed by atoms with Crippen molar-refractivity contribution in [3.63, 3.8) is 0 Å². The van der Waals surface area contributed by atoms with E-state index >= 15 is 0 Å². The van der Waals surface area contributed by atoms with E-state index < -0.39 is 0 Å². The van der Waals surface area contributed by atoms with Crippen LogP contribution in [0.5, 0.6) is 0 Å². The summed E-state index contributed by atoms with van der Waals surface area (Å²) in [6.07, 6.45) is 0.912. The van der Waals surface area contributed by atoms with E-state index in [0.717, 1.165) is 42.3 Å². The smallest absolute Gasteiger partial charge is 0.133 e. The van der Waals surface area contributed by atoms with Crippen molar-refractivity contribution >= 4 is 11.5 Å². The summed E-state index contributed by atoms with van der Waals surface area (Å²) in [5.74, 6) is 1.08. The average Bonchev–Trinajstić information content (AvgIpc) is 2.63. The van der Waals surface area contributed by atoms with Crippen LogP contribution in [0.25, 0.3) is 0 Å². The fourth-order valence-corrected chi connectivity index (χ4v) is 2.73. The standard InChI is InChI=1S/C16H20N4/c1-4-13-14-15(12-7-5-6-11(2)10-12)17-8-9-18-16(14)20(3)19-13/h5-7,10,18H,4,8-9H2,1-3H3. The Bertz CT molecular complexity index is 667. The van der Waals surface area contributed by atoms with Crippen LogP contribution in [0.15, 0.2) is 29.3 Å². The maximum Gasteiger partial charge on any atom is 0.133 e. The van der Waals surface area contributed by atoms with Gasteiger partial charge >= 0.3 is 0 Å². The number of anilines is 1. The second-order valence-electron chi connectivity index (χ2n) is 5.17. The lowest BCUT2D eigenvalue weighted by Gasteiger charge is -2.08.